The summed E-state index contributed by atoms with van der Waals surface area (Å²) < 4.78 is 37.7. The van der Waals surface area contributed by atoms with Crippen LogP contribution >= 0.6 is 0 Å². The molecule has 0 aliphatic heterocycles. The maximum atomic E-state index is 12.6. The molecule has 154 valence electrons. The molecule has 10 heteroatoms. The molecule has 7 nitrogen and oxygen atoms in total. The van der Waals surface area contributed by atoms with Crippen LogP contribution in [0.3, 0.4) is 0 Å². The second-order valence-electron chi connectivity index (χ2n) is 6.66. The number of primary amides is 1. The molecule has 0 atom stereocenters. The van der Waals surface area contributed by atoms with Gasteiger partial charge < -0.3 is 16.8 Å². The van der Waals surface area contributed by atoms with Crippen molar-refractivity contribution < 1.29 is 27.6 Å². The Labute approximate surface area is 160 Å². The highest BCUT2D eigenvalue weighted by atomic mass is 19.4. The number of aliphatic imine (C=N–C) groups is 1. The number of carbonyl (C=O) groups excluding carboxylic acids is 3. The molecule has 0 aliphatic carbocycles. The highest BCUT2D eigenvalue weighted by molar-refractivity contribution is 6.40. The van der Waals surface area contributed by atoms with Gasteiger partial charge in [0.15, 0.2) is 0 Å². The predicted octanol–water partition coefficient (Wildman–Crippen LogP) is 1.33. The molecule has 28 heavy (non-hydrogen) atoms. The Morgan fingerprint density at radius 1 is 1.11 bits per heavy atom. The minimum atomic E-state index is -4.47. The maximum Gasteiger partial charge on any atom is 0.416 e. The van der Waals surface area contributed by atoms with Crippen molar-refractivity contribution >= 4 is 23.4 Å². The number of alkyl halides is 3. The van der Waals surface area contributed by atoms with E-state index in [1.54, 1.807) is 0 Å². The molecule has 3 amide bonds. The van der Waals surface area contributed by atoms with Gasteiger partial charge in [0.2, 0.25) is 5.91 Å². The smallest absolute Gasteiger partial charge is 0.368 e. The fourth-order valence-electron chi connectivity index (χ4n) is 2.08. The number of nitrogens with zero attached hydrogens (tertiary/aromatic N) is 1. The first kappa shape index (κ1) is 23.3. The van der Waals surface area contributed by atoms with E-state index in [0.29, 0.717) is 12.0 Å². The molecule has 5 N–H and O–H groups in total. The summed E-state index contributed by atoms with van der Waals surface area (Å²) in [5.74, 6) is -2.22. The van der Waals surface area contributed by atoms with E-state index in [2.05, 4.69) is 10.3 Å². The summed E-state index contributed by atoms with van der Waals surface area (Å²) in [5, 5.41) is 2.40. The molecule has 1 aromatic rings. The molecule has 0 heterocycles. The monoisotopic (exact) mass is 400 g/mol. The van der Waals surface area contributed by atoms with Gasteiger partial charge in [-0.1, -0.05) is 12.1 Å². The van der Waals surface area contributed by atoms with Crippen molar-refractivity contribution in [2.75, 3.05) is 6.54 Å². The predicted molar refractivity (Wildman–Crippen MR) is 97.3 cm³/mol. The zero-order valence-corrected chi connectivity index (χ0v) is 15.6. The van der Waals surface area contributed by atoms with Crippen LogP contribution < -0.4 is 16.8 Å². The normalized spacial score (nSPS) is 12.6. The number of halogens is 3. The van der Waals surface area contributed by atoms with Crippen molar-refractivity contribution in [1.82, 2.24) is 5.32 Å². The van der Waals surface area contributed by atoms with Crippen molar-refractivity contribution in [3.05, 3.63) is 35.4 Å². The summed E-state index contributed by atoms with van der Waals surface area (Å²) in [6.07, 6.45) is -4.29. The Morgan fingerprint density at radius 2 is 1.68 bits per heavy atom. The van der Waals surface area contributed by atoms with Gasteiger partial charge in [0.05, 0.1) is 12.0 Å². The summed E-state index contributed by atoms with van der Waals surface area (Å²) in [4.78, 5) is 39.6. The molecular formula is C18H23F3N4O3. The lowest BCUT2D eigenvalue weighted by Crippen LogP contribution is -2.54. The van der Waals surface area contributed by atoms with Crippen LogP contribution in [0.1, 0.15) is 37.8 Å². The summed E-state index contributed by atoms with van der Waals surface area (Å²) in [6, 6.07) is 4.08. The zero-order valence-electron chi connectivity index (χ0n) is 15.6. The second kappa shape index (κ2) is 9.45. The molecule has 0 spiro atoms. The van der Waals surface area contributed by atoms with Crippen LogP contribution in [0, 0.1) is 0 Å². The summed E-state index contributed by atoms with van der Waals surface area (Å²) >= 11 is 0. The van der Waals surface area contributed by atoms with Crippen LogP contribution in [0.15, 0.2) is 29.3 Å². The molecule has 1 rings (SSSR count). The molecule has 0 fully saturated rings. The first-order valence-corrected chi connectivity index (χ1v) is 8.46. The van der Waals surface area contributed by atoms with Crippen LogP contribution in [0.25, 0.3) is 0 Å². The quantitative estimate of drug-likeness (QED) is 0.569. The van der Waals surface area contributed by atoms with E-state index < -0.39 is 35.0 Å². The molecule has 0 aromatic heterocycles. The molecule has 0 unspecified atom stereocenters. The molecule has 0 aliphatic rings. The van der Waals surface area contributed by atoms with E-state index in [1.165, 1.54) is 26.0 Å². The van der Waals surface area contributed by atoms with E-state index in [-0.39, 0.29) is 25.1 Å². The van der Waals surface area contributed by atoms with Crippen LogP contribution in [0.2, 0.25) is 0 Å². The van der Waals surface area contributed by atoms with E-state index in [1.807, 2.05) is 0 Å². The third kappa shape index (κ3) is 7.10. The average Bonchev–Trinajstić information content (AvgIpc) is 2.57. The van der Waals surface area contributed by atoms with Gasteiger partial charge in [-0.25, -0.2) is 4.99 Å². The van der Waals surface area contributed by atoms with Crippen molar-refractivity contribution in [2.24, 2.45) is 16.5 Å². The van der Waals surface area contributed by atoms with E-state index >= 15 is 0 Å². The van der Waals surface area contributed by atoms with Gasteiger partial charge in [0.1, 0.15) is 11.3 Å². The molecular weight excluding hydrogens is 377 g/mol. The van der Waals surface area contributed by atoms with E-state index in [9.17, 15) is 27.6 Å². The van der Waals surface area contributed by atoms with Crippen LogP contribution in [-0.4, -0.2) is 35.5 Å². The second-order valence-corrected chi connectivity index (χ2v) is 6.66. The lowest BCUT2D eigenvalue weighted by Gasteiger charge is -2.22. The largest absolute Gasteiger partial charge is 0.416 e. The molecule has 0 bridgehead atoms. The van der Waals surface area contributed by atoms with Crippen molar-refractivity contribution in [2.45, 2.75) is 44.8 Å². The molecule has 0 radical (unpaired) electrons. The van der Waals surface area contributed by atoms with Gasteiger partial charge in [-0.2, -0.15) is 13.2 Å². The fourth-order valence-corrected chi connectivity index (χ4v) is 2.08. The minimum absolute atomic E-state index is 0.0932. The summed E-state index contributed by atoms with van der Waals surface area (Å²) in [7, 11) is 0. The minimum Gasteiger partial charge on any atom is -0.368 e. The average molecular weight is 400 g/mol. The number of hydrogen-bond acceptors (Lipinski definition) is 4. The standard InChI is InChI=1S/C18H23F3N4O3/c1-17(2,16(23)28)25-15(27)13(4-3-9-22)24-14(26)10-11-5-7-12(8-6-11)18(19,20)21/h5-8H,3-4,9-10,22H2,1-2H3,(H2,23,28)(H,25,27)/b24-13+. The lowest BCUT2D eigenvalue weighted by molar-refractivity contribution is -0.137. The molecule has 1 aromatic carbocycles. The SMILES string of the molecule is CC(C)(NC(=O)/C(CCCN)=N/C(=O)Cc1ccc(C(F)(F)F)cc1)C(N)=O. The van der Waals surface area contributed by atoms with Gasteiger partial charge in [-0.3, -0.25) is 14.4 Å². The summed E-state index contributed by atoms with van der Waals surface area (Å²) in [5.41, 5.74) is 8.63. The Hall–Kier alpha value is -2.75. The van der Waals surface area contributed by atoms with Gasteiger partial charge in [0, 0.05) is 0 Å². The Bertz CT molecular complexity index is 756. The van der Waals surface area contributed by atoms with Gasteiger partial charge in [-0.15, -0.1) is 0 Å². The molecule has 0 saturated carbocycles. The highest BCUT2D eigenvalue weighted by Gasteiger charge is 2.30. The van der Waals surface area contributed by atoms with Gasteiger partial charge in [0.25, 0.3) is 11.8 Å². The van der Waals surface area contributed by atoms with Gasteiger partial charge >= 0.3 is 6.18 Å². The number of hydrogen-bond donors (Lipinski definition) is 3. The number of carbonyl (C=O) groups is 3. The number of rotatable bonds is 8. The topological polar surface area (TPSA) is 128 Å². The Balaban J connectivity index is 2.93. The Morgan fingerprint density at radius 3 is 2.14 bits per heavy atom. The van der Waals surface area contributed by atoms with E-state index in [4.69, 9.17) is 11.5 Å². The van der Waals surface area contributed by atoms with Gasteiger partial charge in [-0.05, 0) is 50.9 Å². The Kier molecular flexibility index (Phi) is 7.86. The van der Waals surface area contributed by atoms with Crippen LogP contribution in [0.4, 0.5) is 13.2 Å². The first-order chi connectivity index (χ1) is 12.9. The van der Waals surface area contributed by atoms with E-state index in [0.717, 1.165) is 12.1 Å². The van der Waals surface area contributed by atoms with Crippen LogP contribution in [0.5, 0.6) is 0 Å². The number of benzene rings is 1. The van der Waals surface area contributed by atoms with Crippen molar-refractivity contribution in [1.29, 1.82) is 0 Å². The first-order valence-electron chi connectivity index (χ1n) is 8.46. The number of nitrogens with one attached hydrogen (secondary N) is 1. The van der Waals surface area contributed by atoms with Crippen LogP contribution in [-0.2, 0) is 27.0 Å². The molecule has 0 saturated heterocycles. The van der Waals surface area contributed by atoms with Crippen molar-refractivity contribution in [3.63, 3.8) is 0 Å². The number of amides is 3. The lowest BCUT2D eigenvalue weighted by atomic mass is 10.0. The zero-order chi connectivity index (χ0) is 21.5. The third-order valence-electron chi connectivity index (χ3n) is 3.82. The maximum absolute atomic E-state index is 12.6. The highest BCUT2D eigenvalue weighted by Crippen LogP contribution is 2.29. The fraction of sp³-hybridized carbons (Fsp3) is 0.444. The summed E-state index contributed by atoms with van der Waals surface area (Å²) in [6.45, 7) is 3.05. The van der Waals surface area contributed by atoms with Crippen molar-refractivity contribution in [3.8, 4) is 0 Å². The third-order valence-corrected chi connectivity index (χ3v) is 3.82. The number of nitrogens with two attached hydrogens (primary N) is 2.